The van der Waals surface area contributed by atoms with Gasteiger partial charge in [0.05, 0.1) is 12.0 Å². The maximum absolute atomic E-state index is 11.9. The maximum atomic E-state index is 11.9. The average molecular weight is 298 g/mol. The summed E-state index contributed by atoms with van der Waals surface area (Å²) in [5.74, 6) is 0.623. The number of furan rings is 1. The van der Waals surface area contributed by atoms with E-state index in [2.05, 4.69) is 5.10 Å². The van der Waals surface area contributed by atoms with Crippen LogP contribution in [0.4, 0.5) is 0 Å². The van der Waals surface area contributed by atoms with Crippen molar-refractivity contribution in [3.05, 3.63) is 30.2 Å². The van der Waals surface area contributed by atoms with E-state index >= 15 is 0 Å². The van der Waals surface area contributed by atoms with Gasteiger partial charge in [-0.25, -0.2) is 0 Å². The lowest BCUT2D eigenvalue weighted by atomic mass is 9.98. The molecule has 0 saturated carbocycles. The molecule has 0 aliphatic heterocycles. The number of hydrogen-bond acceptors (Lipinski definition) is 3. The first kappa shape index (κ1) is 15.0. The third kappa shape index (κ3) is 2.24. The smallest absolute Gasteiger partial charge is 0.337 e. The standard InChI is InChI=1S/C13H19N2O4P/c1-4-13(5-2,20(16,17)18)12-9-10(15(3)14-12)11-7-6-8-19-11/h6-9H,4-5H2,1-3H3,(H2,16,17,18). The molecule has 2 aromatic heterocycles. The molecule has 2 aromatic rings. The highest BCUT2D eigenvalue weighted by molar-refractivity contribution is 7.53. The number of aromatic nitrogens is 2. The van der Waals surface area contributed by atoms with Crippen molar-refractivity contribution >= 4 is 7.60 Å². The number of aryl methyl sites for hydroxylation is 1. The lowest BCUT2D eigenvalue weighted by Gasteiger charge is -2.30. The Bertz CT molecular complexity index is 623. The Morgan fingerprint density at radius 3 is 2.50 bits per heavy atom. The van der Waals surface area contributed by atoms with Crippen LogP contribution in [0.15, 0.2) is 28.9 Å². The van der Waals surface area contributed by atoms with Gasteiger partial charge in [-0.1, -0.05) is 13.8 Å². The van der Waals surface area contributed by atoms with Gasteiger partial charge in [-0.3, -0.25) is 9.25 Å². The van der Waals surface area contributed by atoms with Gasteiger partial charge in [0, 0.05) is 7.05 Å². The molecular formula is C13H19N2O4P. The molecule has 0 radical (unpaired) electrons. The van der Waals surface area contributed by atoms with Crippen molar-refractivity contribution in [3.8, 4) is 11.5 Å². The zero-order chi connectivity index (χ0) is 15.0. The van der Waals surface area contributed by atoms with Gasteiger partial charge in [0.25, 0.3) is 0 Å². The van der Waals surface area contributed by atoms with E-state index in [-0.39, 0.29) is 0 Å². The predicted molar refractivity (Wildman–Crippen MR) is 75.2 cm³/mol. The Labute approximate surface area is 117 Å². The van der Waals surface area contributed by atoms with E-state index in [0.717, 1.165) is 0 Å². The Morgan fingerprint density at radius 1 is 1.40 bits per heavy atom. The van der Waals surface area contributed by atoms with Crippen LogP contribution < -0.4 is 0 Å². The van der Waals surface area contributed by atoms with Gasteiger partial charge >= 0.3 is 7.60 Å². The van der Waals surface area contributed by atoms with E-state index in [4.69, 9.17) is 4.42 Å². The van der Waals surface area contributed by atoms with E-state index in [9.17, 15) is 14.4 Å². The molecular weight excluding hydrogens is 279 g/mol. The second-order valence-corrected chi connectivity index (χ2v) is 6.74. The van der Waals surface area contributed by atoms with Crippen molar-refractivity contribution < 1.29 is 18.8 Å². The van der Waals surface area contributed by atoms with Crippen LogP contribution in [0.2, 0.25) is 0 Å². The summed E-state index contributed by atoms with van der Waals surface area (Å²) in [5.41, 5.74) is 1.11. The van der Waals surface area contributed by atoms with Crippen molar-refractivity contribution in [2.75, 3.05) is 0 Å². The van der Waals surface area contributed by atoms with Crippen LogP contribution >= 0.6 is 7.60 Å². The van der Waals surface area contributed by atoms with E-state index in [1.165, 1.54) is 0 Å². The second kappa shape index (κ2) is 5.20. The average Bonchev–Trinajstić information content (AvgIpc) is 2.99. The van der Waals surface area contributed by atoms with Crippen molar-refractivity contribution in [3.63, 3.8) is 0 Å². The first-order valence-electron chi connectivity index (χ1n) is 6.49. The maximum Gasteiger partial charge on any atom is 0.337 e. The minimum absolute atomic E-state index is 0.322. The van der Waals surface area contributed by atoms with Gasteiger partial charge in [0.1, 0.15) is 10.9 Å². The van der Waals surface area contributed by atoms with Crippen molar-refractivity contribution in [1.29, 1.82) is 0 Å². The first-order chi connectivity index (χ1) is 9.35. The molecule has 0 spiro atoms. The van der Waals surface area contributed by atoms with Gasteiger partial charge in [-0.15, -0.1) is 0 Å². The van der Waals surface area contributed by atoms with Crippen LogP contribution in [0.1, 0.15) is 32.4 Å². The van der Waals surface area contributed by atoms with Gasteiger partial charge < -0.3 is 14.2 Å². The molecule has 0 unspecified atom stereocenters. The highest BCUT2D eigenvalue weighted by atomic mass is 31.2. The third-order valence-corrected chi connectivity index (χ3v) is 5.83. The molecule has 0 fully saturated rings. The lowest BCUT2D eigenvalue weighted by molar-refractivity contribution is 0.312. The van der Waals surface area contributed by atoms with Crippen molar-refractivity contribution in [2.45, 2.75) is 31.8 Å². The summed E-state index contributed by atoms with van der Waals surface area (Å²) in [6.07, 6.45) is 2.20. The number of rotatable bonds is 5. The van der Waals surface area contributed by atoms with Crippen molar-refractivity contribution in [2.24, 2.45) is 7.05 Å². The van der Waals surface area contributed by atoms with Crippen LogP contribution in [0.25, 0.3) is 11.5 Å². The molecule has 2 N–H and O–H groups in total. The summed E-state index contributed by atoms with van der Waals surface area (Å²) in [5, 5.41) is 3.07. The summed E-state index contributed by atoms with van der Waals surface area (Å²) in [7, 11) is -2.59. The molecule has 2 rings (SSSR count). The van der Waals surface area contributed by atoms with Crippen LogP contribution in [0.3, 0.4) is 0 Å². The van der Waals surface area contributed by atoms with Gasteiger partial charge in [-0.05, 0) is 31.0 Å². The van der Waals surface area contributed by atoms with E-state index < -0.39 is 12.8 Å². The molecule has 0 saturated heterocycles. The minimum Gasteiger partial charge on any atom is -0.463 e. The lowest BCUT2D eigenvalue weighted by Crippen LogP contribution is -2.25. The van der Waals surface area contributed by atoms with Gasteiger partial charge in [0.2, 0.25) is 0 Å². The van der Waals surface area contributed by atoms with E-state index in [1.54, 1.807) is 50.0 Å². The summed E-state index contributed by atoms with van der Waals surface area (Å²) < 4.78 is 18.9. The molecule has 0 atom stereocenters. The molecule has 2 heterocycles. The largest absolute Gasteiger partial charge is 0.463 e. The first-order valence-corrected chi connectivity index (χ1v) is 8.11. The molecule has 0 aliphatic carbocycles. The Kier molecular flexibility index (Phi) is 3.91. The topological polar surface area (TPSA) is 88.5 Å². The minimum atomic E-state index is -4.32. The van der Waals surface area contributed by atoms with Crippen LogP contribution in [-0.2, 0) is 16.8 Å². The predicted octanol–water partition coefficient (Wildman–Crippen LogP) is 2.87. The fourth-order valence-corrected chi connectivity index (χ4v) is 3.75. The number of nitrogens with zero attached hydrogens (tertiary/aromatic N) is 2. The highest BCUT2D eigenvalue weighted by Crippen LogP contribution is 2.60. The monoisotopic (exact) mass is 298 g/mol. The molecule has 6 nitrogen and oxygen atoms in total. The summed E-state index contributed by atoms with van der Waals surface area (Å²) in [4.78, 5) is 19.5. The molecule has 7 heteroatoms. The Hall–Kier alpha value is -1.36. The van der Waals surface area contributed by atoms with Crippen molar-refractivity contribution in [1.82, 2.24) is 9.78 Å². The SMILES string of the molecule is CCC(CC)(c1cc(-c2ccco2)n(C)n1)P(=O)(O)O. The van der Waals surface area contributed by atoms with Gasteiger partial charge in [-0.2, -0.15) is 5.10 Å². The Morgan fingerprint density at radius 2 is 2.05 bits per heavy atom. The van der Waals surface area contributed by atoms with Crippen LogP contribution in [0.5, 0.6) is 0 Å². The van der Waals surface area contributed by atoms with Crippen LogP contribution in [0, 0.1) is 0 Å². The normalized spacial score (nSPS) is 12.8. The Balaban J connectivity index is 2.58. The second-order valence-electron chi connectivity index (χ2n) is 4.80. The van der Waals surface area contributed by atoms with E-state index in [0.29, 0.717) is 30.0 Å². The zero-order valence-electron chi connectivity index (χ0n) is 11.8. The zero-order valence-corrected chi connectivity index (χ0v) is 12.7. The van der Waals surface area contributed by atoms with Crippen LogP contribution in [-0.4, -0.2) is 19.6 Å². The fraction of sp³-hybridized carbons (Fsp3) is 0.462. The third-order valence-electron chi connectivity index (χ3n) is 3.86. The molecule has 110 valence electrons. The molecule has 0 aliphatic rings. The van der Waals surface area contributed by atoms with E-state index in [1.807, 2.05) is 0 Å². The summed E-state index contributed by atoms with van der Waals surface area (Å²) >= 11 is 0. The van der Waals surface area contributed by atoms with Gasteiger partial charge in [0.15, 0.2) is 5.76 Å². The molecule has 0 bridgehead atoms. The highest BCUT2D eigenvalue weighted by Gasteiger charge is 2.47. The summed E-state index contributed by atoms with van der Waals surface area (Å²) in [6.45, 7) is 3.54. The summed E-state index contributed by atoms with van der Waals surface area (Å²) in [6, 6.07) is 5.25. The number of hydrogen-bond donors (Lipinski definition) is 2. The molecule has 20 heavy (non-hydrogen) atoms. The molecule has 0 amide bonds. The fourth-order valence-electron chi connectivity index (χ4n) is 2.52. The molecule has 0 aromatic carbocycles. The quantitative estimate of drug-likeness (QED) is 0.829.